The molecule has 1 radical (unpaired) electrons. The molecule has 0 fully saturated rings. The van der Waals surface area contributed by atoms with Gasteiger partial charge in [0, 0.05) is 0 Å². The van der Waals surface area contributed by atoms with Crippen LogP contribution in [0.25, 0.3) is 0 Å². The quantitative estimate of drug-likeness (QED) is 0.337. The summed E-state index contributed by atoms with van der Waals surface area (Å²) in [5.74, 6) is 0. The minimum absolute atomic E-state index is 0. The van der Waals surface area contributed by atoms with E-state index in [1.807, 2.05) is 0 Å². The van der Waals surface area contributed by atoms with Gasteiger partial charge in [-0.1, -0.05) is 0 Å². The van der Waals surface area contributed by atoms with Crippen LogP contribution in [0, 0.1) is 0 Å². The molecule has 0 aliphatic rings. The fourth-order valence-electron chi connectivity index (χ4n) is 0. The SMILES string of the molecule is Cl.O=[PH]=O.[AlH2]. The van der Waals surface area contributed by atoms with Crippen molar-refractivity contribution in [2.75, 3.05) is 0 Å². The maximum atomic E-state index is 8.40. The smallest absolute Gasteiger partial charge is 0.241 e. The predicted octanol–water partition coefficient (Wildman–Crippen LogP) is -0.139. The van der Waals surface area contributed by atoms with Crippen molar-refractivity contribution in [3.8, 4) is 0 Å². The van der Waals surface area contributed by atoms with Crippen LogP contribution >= 0.6 is 20.7 Å². The lowest BCUT2D eigenvalue weighted by molar-refractivity contribution is 0.531. The van der Waals surface area contributed by atoms with Gasteiger partial charge < -0.3 is 0 Å². The van der Waals surface area contributed by atoms with Gasteiger partial charge in [0.1, 0.15) is 17.4 Å². The fraction of sp³-hybridized carbons (Fsp3) is 0. The largest absolute Gasteiger partial charge is 0.303 e. The van der Waals surface area contributed by atoms with Gasteiger partial charge in [-0.05, 0) is 0 Å². The first-order chi connectivity index (χ1) is 1.41. The molecule has 0 bridgehead atoms. The Labute approximate surface area is 47.7 Å². The van der Waals surface area contributed by atoms with Crippen molar-refractivity contribution in [3.05, 3.63) is 0 Å². The Kier molecular flexibility index (Phi) is 76.0. The Morgan fingerprint density at radius 3 is 1.20 bits per heavy atom. The highest BCUT2D eigenvalue weighted by Crippen LogP contribution is 1.49. The number of halogens is 1. The topological polar surface area (TPSA) is 34.1 Å². The molecule has 0 aliphatic heterocycles. The summed E-state index contributed by atoms with van der Waals surface area (Å²) in [6, 6.07) is 0. The molecule has 0 atom stereocenters. The average molecular weight is 129 g/mol. The highest BCUT2D eigenvalue weighted by atomic mass is 35.5. The van der Waals surface area contributed by atoms with Crippen LogP contribution in [0.2, 0.25) is 0 Å². The van der Waals surface area contributed by atoms with Crippen molar-refractivity contribution in [1.82, 2.24) is 0 Å². The lowest BCUT2D eigenvalue weighted by Gasteiger charge is -1.00. The Balaban J connectivity index is -0.0000000200. The second-order valence-electron chi connectivity index (χ2n) is 0.0833. The van der Waals surface area contributed by atoms with E-state index in [1.54, 1.807) is 0 Å². The average Bonchev–Trinajstić information content (AvgIpc) is 0.918. The first-order valence-corrected chi connectivity index (χ1v) is 1.22. The highest BCUT2D eigenvalue weighted by molar-refractivity contribution is 7.08. The number of hydrogen-bond donors (Lipinski definition) is 0. The van der Waals surface area contributed by atoms with Gasteiger partial charge in [0.05, 0.1) is 0 Å². The summed E-state index contributed by atoms with van der Waals surface area (Å²) in [5, 5.41) is 0. The van der Waals surface area contributed by atoms with Gasteiger partial charge in [-0.3, -0.25) is 0 Å². The maximum Gasteiger partial charge on any atom is 0.303 e. The Hall–Kier alpha value is 0.722. The molecule has 0 aromatic heterocycles. The van der Waals surface area contributed by atoms with E-state index >= 15 is 0 Å². The van der Waals surface area contributed by atoms with Gasteiger partial charge in [0.15, 0.2) is 0 Å². The Morgan fingerprint density at radius 2 is 1.20 bits per heavy atom. The van der Waals surface area contributed by atoms with Gasteiger partial charge in [-0.25, -0.2) is 9.13 Å². The summed E-state index contributed by atoms with van der Waals surface area (Å²) in [6.45, 7) is 0. The van der Waals surface area contributed by atoms with Crippen LogP contribution in [0.15, 0.2) is 0 Å². The van der Waals surface area contributed by atoms with Crippen LogP contribution in [0.1, 0.15) is 0 Å². The summed E-state index contributed by atoms with van der Waals surface area (Å²) < 4.78 is 16.8. The molecule has 31 valence electrons. The van der Waals surface area contributed by atoms with E-state index in [2.05, 4.69) is 0 Å². The molecule has 5 heavy (non-hydrogen) atoms. The third-order valence-corrected chi connectivity index (χ3v) is 0. The van der Waals surface area contributed by atoms with Crippen molar-refractivity contribution in [1.29, 1.82) is 0 Å². The lowest BCUT2D eigenvalue weighted by Crippen LogP contribution is -0.742. The first kappa shape index (κ1) is 17.2. The van der Waals surface area contributed by atoms with E-state index in [1.165, 1.54) is 0 Å². The summed E-state index contributed by atoms with van der Waals surface area (Å²) in [6.07, 6.45) is 0. The van der Waals surface area contributed by atoms with Crippen LogP contribution in [0.5, 0.6) is 0 Å². The molecule has 0 N–H and O–H groups in total. The molecule has 2 nitrogen and oxygen atoms in total. The van der Waals surface area contributed by atoms with E-state index in [9.17, 15) is 0 Å². The zero-order valence-corrected chi connectivity index (χ0v) is 6.54. The minimum Gasteiger partial charge on any atom is -0.241 e. The third-order valence-electron chi connectivity index (χ3n) is 0. The second kappa shape index (κ2) is 22.1. The van der Waals surface area contributed by atoms with Gasteiger partial charge in [0.25, 0.3) is 0 Å². The molecule has 0 rings (SSSR count). The van der Waals surface area contributed by atoms with Crippen molar-refractivity contribution < 1.29 is 9.13 Å². The van der Waals surface area contributed by atoms with E-state index in [4.69, 9.17) is 9.13 Å². The molecule has 0 aromatic carbocycles. The normalized spacial score (nSPS) is 2.40. The number of rotatable bonds is 0. The summed E-state index contributed by atoms with van der Waals surface area (Å²) in [7, 11) is -1.42. The second-order valence-corrected chi connectivity index (χ2v) is 0.250. The van der Waals surface area contributed by atoms with Crippen LogP contribution in [-0.2, 0) is 9.13 Å². The van der Waals surface area contributed by atoms with Crippen LogP contribution in [0.4, 0.5) is 0 Å². The van der Waals surface area contributed by atoms with Crippen LogP contribution in [-0.4, -0.2) is 17.4 Å². The van der Waals surface area contributed by atoms with E-state index in [-0.39, 0.29) is 29.8 Å². The predicted molar refractivity (Wildman–Crippen MR) is 25.5 cm³/mol. The third kappa shape index (κ3) is 67.1. The fourth-order valence-corrected chi connectivity index (χ4v) is 0. The molecule has 0 saturated heterocycles. The van der Waals surface area contributed by atoms with Crippen molar-refractivity contribution in [2.24, 2.45) is 0 Å². The monoisotopic (exact) mass is 129 g/mol. The van der Waals surface area contributed by atoms with Gasteiger partial charge in [-0.15, -0.1) is 12.4 Å². The van der Waals surface area contributed by atoms with E-state index in [0.29, 0.717) is 0 Å². The molecule has 0 heterocycles. The van der Waals surface area contributed by atoms with Crippen LogP contribution in [0.3, 0.4) is 0 Å². The van der Waals surface area contributed by atoms with Crippen LogP contribution < -0.4 is 0 Å². The molecule has 0 aliphatic carbocycles. The lowest BCUT2D eigenvalue weighted by atomic mass is 15.9. The molecular formula is H4AlClO2P. The zero-order chi connectivity index (χ0) is 2.71. The molecule has 0 aromatic rings. The molecule has 0 saturated carbocycles. The molecule has 0 unspecified atom stereocenters. The summed E-state index contributed by atoms with van der Waals surface area (Å²) >= 11 is 0. The number of hydrogen-bond acceptors (Lipinski definition) is 2. The Bertz CT molecular complexity index is 30.6. The van der Waals surface area contributed by atoms with Gasteiger partial charge in [-0.2, -0.15) is 0 Å². The van der Waals surface area contributed by atoms with Crippen molar-refractivity contribution >= 4 is 38.1 Å². The first-order valence-electron chi connectivity index (χ1n) is 0.408. The highest BCUT2D eigenvalue weighted by Gasteiger charge is 1.07. The summed E-state index contributed by atoms with van der Waals surface area (Å²) in [4.78, 5) is 0. The summed E-state index contributed by atoms with van der Waals surface area (Å²) in [5.41, 5.74) is 0. The molecule has 0 spiro atoms. The van der Waals surface area contributed by atoms with Crippen molar-refractivity contribution in [3.63, 3.8) is 0 Å². The van der Waals surface area contributed by atoms with Gasteiger partial charge >= 0.3 is 8.34 Å². The Morgan fingerprint density at radius 1 is 1.20 bits per heavy atom. The minimum atomic E-state index is -1.42. The maximum absolute atomic E-state index is 8.40. The van der Waals surface area contributed by atoms with Gasteiger partial charge in [0.2, 0.25) is 0 Å². The van der Waals surface area contributed by atoms with E-state index < -0.39 is 8.34 Å². The molecular weight excluding hydrogens is 125 g/mol. The standard InChI is InChI=1S/Al.ClH.HO2P.2H/c;;1-3-2;;/h;1H;3H;;. The zero-order valence-electron chi connectivity index (χ0n) is 2.72. The van der Waals surface area contributed by atoms with E-state index in [0.717, 1.165) is 0 Å². The van der Waals surface area contributed by atoms with Crippen molar-refractivity contribution in [2.45, 2.75) is 0 Å². The molecule has 5 heteroatoms. The molecule has 0 amide bonds.